The summed E-state index contributed by atoms with van der Waals surface area (Å²) in [5.74, 6) is -9.03. The largest absolute Gasteiger partial charge is 0.513 e. The van der Waals surface area contributed by atoms with E-state index in [1.165, 1.54) is 50.2 Å². The normalized spacial score (nSPS) is 20.8. The van der Waals surface area contributed by atoms with Crippen molar-refractivity contribution < 1.29 is 93.6 Å². The molecule has 9 rings (SSSR count). The third-order valence-corrected chi connectivity index (χ3v) is 15.9. The van der Waals surface area contributed by atoms with Crippen LogP contribution in [0.3, 0.4) is 0 Å². The van der Waals surface area contributed by atoms with Gasteiger partial charge in [-0.3, -0.25) is 33.4 Å². The second kappa shape index (κ2) is 30.5. The van der Waals surface area contributed by atoms with Crippen molar-refractivity contribution in [2.24, 2.45) is 0 Å². The summed E-state index contributed by atoms with van der Waals surface area (Å²) in [6.07, 6.45) is -10.2. The van der Waals surface area contributed by atoms with E-state index < -0.39 is 118 Å². The van der Waals surface area contributed by atoms with E-state index in [0.717, 1.165) is 35.7 Å². The number of nitro benzene ring substituents is 1. The number of esters is 2. The van der Waals surface area contributed by atoms with Crippen molar-refractivity contribution in [3.8, 4) is 17.2 Å². The summed E-state index contributed by atoms with van der Waals surface area (Å²) in [5.41, 5.74) is 9.87. The fourth-order valence-corrected chi connectivity index (χ4v) is 11.1. The molecule has 7 aromatic rings. The Hall–Kier alpha value is -8.94. The number of nitro groups is 1. The van der Waals surface area contributed by atoms with Crippen molar-refractivity contribution in [2.75, 3.05) is 24.7 Å². The molecule has 480 valence electrons. The highest BCUT2D eigenvalue weighted by Gasteiger charge is 2.61. The highest BCUT2D eigenvalue weighted by atomic mass is 31.2. The Morgan fingerprint density at radius 2 is 0.989 bits per heavy atom. The maximum atomic E-state index is 14.9. The molecule has 0 aliphatic carbocycles. The van der Waals surface area contributed by atoms with Gasteiger partial charge in [-0.2, -0.15) is 37.7 Å². The molecule has 2 fully saturated rings. The third kappa shape index (κ3) is 18.3. The molecule has 2 aliphatic rings. The predicted molar refractivity (Wildman–Crippen MR) is 309 cm³/mol. The Morgan fingerprint density at radius 3 is 1.38 bits per heavy atom. The summed E-state index contributed by atoms with van der Waals surface area (Å²) in [4.78, 5) is 65.5. The van der Waals surface area contributed by atoms with Gasteiger partial charge in [-0.15, -0.1) is 0 Å². The summed E-state index contributed by atoms with van der Waals surface area (Å²) in [6.45, 7) is 1.17. The van der Waals surface area contributed by atoms with Gasteiger partial charge in [0.2, 0.25) is 12.5 Å². The first-order chi connectivity index (χ1) is 42.7. The van der Waals surface area contributed by atoms with Crippen LogP contribution in [0.4, 0.5) is 34.9 Å². The molecule has 0 amide bonds. The van der Waals surface area contributed by atoms with E-state index in [0.29, 0.717) is 9.13 Å². The minimum Gasteiger partial charge on any atom is -0.460 e. The Balaban J connectivity index is 0.000000205. The zero-order chi connectivity index (χ0) is 65.4. The number of anilines is 2. The van der Waals surface area contributed by atoms with Gasteiger partial charge in [-0.05, 0) is 73.5 Å². The van der Waals surface area contributed by atoms with Crippen molar-refractivity contribution in [3.63, 3.8) is 0 Å². The Labute approximate surface area is 508 Å². The van der Waals surface area contributed by atoms with Crippen LogP contribution in [0.5, 0.6) is 17.2 Å². The molecule has 5 aromatic carbocycles. The lowest BCUT2D eigenvalue weighted by Crippen LogP contribution is -2.42. The van der Waals surface area contributed by atoms with Crippen molar-refractivity contribution in [2.45, 2.75) is 87.9 Å². The van der Waals surface area contributed by atoms with Crippen molar-refractivity contribution in [1.29, 1.82) is 0 Å². The number of ether oxygens (including phenoxy) is 4. The van der Waals surface area contributed by atoms with E-state index in [9.17, 15) is 66.2 Å². The number of halogens is 4. The van der Waals surface area contributed by atoms with Crippen LogP contribution in [0.25, 0.3) is 0 Å². The van der Waals surface area contributed by atoms with Crippen LogP contribution in [0.15, 0.2) is 180 Å². The van der Waals surface area contributed by atoms with E-state index in [4.69, 9.17) is 53.6 Å². The summed E-state index contributed by atoms with van der Waals surface area (Å²) in [5, 5.41) is 44.2. The molecule has 0 radical (unpaired) electrons. The summed E-state index contributed by atoms with van der Waals surface area (Å²) in [6, 6.07) is 39.0. The Bertz CT molecular complexity index is 3750. The molecule has 34 heteroatoms. The minimum absolute atomic E-state index is 0.0473. The fourth-order valence-electron chi connectivity index (χ4n) is 8.06. The molecule has 2 saturated heterocycles. The monoisotopic (exact) mass is 1300 g/mol. The lowest BCUT2D eigenvalue weighted by Gasteiger charge is -2.24. The van der Waals surface area contributed by atoms with E-state index in [2.05, 4.69) is 20.1 Å². The smallest absolute Gasteiger partial charge is 0.460 e. The Kier molecular flexibility index (Phi) is 23.2. The van der Waals surface area contributed by atoms with Crippen LogP contribution >= 0.6 is 15.5 Å². The number of non-ortho nitro benzene ring substituents is 1. The van der Waals surface area contributed by atoms with E-state index >= 15 is 0 Å². The fraction of sp³-hybridized carbons (Fsp3) is 0.286. The number of rotatable bonds is 23. The standard InChI is InChI=1S/C25H27F2N4O8P.C22H21N2O7P.C9H11F2N3O4/c1-16(22(33)36-14-17-8-4-2-5-9-17)30-40(35,39-18-10-6-3-7-11-18)37-15-19-21(32)25(26,27)23(38-19)31-13-12-20(28)29-24(31)34;1-17(22(25)29-16-18-8-4-2-5-9-18)23-32(28,30-20-10-6-3-7-11-20)31-21-14-12-19(13-15-21)24(26)27;10-9(11)6(16)4(3-15)18-7(9)14-2-1-5(12)13-8(14)17/h2-13,16,19,21,23,32H,14-15H2,1H3,(H,30,35)(H2,28,29,34);2-15,17H,16H2,1H3,(H,23,28);1-2,4,6-7,15-16H,3H2,(H2,12,13,17)/t16-,19+,21+,23+,40-;17-,32-;4-,6-,7-/m001/s1. The number of hydrogen-bond donors (Lipinski definition) is 7. The summed E-state index contributed by atoms with van der Waals surface area (Å²) < 4.78 is 128. The van der Waals surface area contributed by atoms with Crippen LogP contribution in [0.2, 0.25) is 0 Å². The molecular weight excluding hydrogens is 1240 g/mol. The number of nitrogens with two attached hydrogens (primary N) is 2. The zero-order valence-electron chi connectivity index (χ0n) is 47.3. The molecule has 2 aliphatic heterocycles. The molecule has 2 aromatic heterocycles. The van der Waals surface area contributed by atoms with Crippen molar-refractivity contribution >= 4 is 44.8 Å². The number of nitrogens with zero attached hydrogens (tertiary/aromatic N) is 5. The van der Waals surface area contributed by atoms with Gasteiger partial charge < -0.3 is 59.3 Å². The number of aromatic nitrogens is 4. The second-order valence-electron chi connectivity index (χ2n) is 19.4. The minimum atomic E-state index is -4.46. The van der Waals surface area contributed by atoms with Crippen LogP contribution in [0.1, 0.15) is 37.4 Å². The van der Waals surface area contributed by atoms with Crippen LogP contribution < -0.4 is 46.6 Å². The SMILES string of the molecule is C[C@H](N[P@](=O)(OC[C@H]1O[C@@H](n2ccc(N)nc2=O)C(F)(F)[C@@H]1O)Oc1ccccc1)C(=O)OCc1ccccc1.C[C@H](N[P@](=O)(Oc1ccccc1)Oc1ccc([N+](=O)[O-])cc1)C(=O)OCc1ccccc1.Nc1ccn([C@@H]2O[C@H](CO)[C@@H](O)C2(F)F)c(=O)n1. The number of aliphatic hydroxyl groups excluding tert-OH is 3. The van der Waals surface area contributed by atoms with Gasteiger partial charge >= 0.3 is 50.7 Å². The van der Waals surface area contributed by atoms with Gasteiger partial charge in [-0.1, -0.05) is 97.1 Å². The molecule has 4 heterocycles. The van der Waals surface area contributed by atoms with Gasteiger partial charge in [0.05, 0.1) is 18.1 Å². The van der Waals surface area contributed by atoms with Gasteiger partial charge in [0, 0.05) is 24.5 Å². The van der Waals surface area contributed by atoms with Gasteiger partial charge in [0.25, 0.3) is 5.69 Å². The quantitative estimate of drug-likeness (QED) is 0.0122. The van der Waals surface area contributed by atoms with Gasteiger partial charge in [-0.25, -0.2) is 18.7 Å². The predicted octanol–water partition coefficient (Wildman–Crippen LogP) is 6.24. The number of benzene rings is 5. The number of nitrogens with one attached hydrogen (secondary N) is 2. The van der Waals surface area contributed by atoms with Crippen molar-refractivity contribution in [3.05, 3.63) is 212 Å². The lowest BCUT2D eigenvalue weighted by molar-refractivity contribution is -0.384. The van der Waals surface area contributed by atoms with E-state index in [1.807, 2.05) is 30.3 Å². The highest BCUT2D eigenvalue weighted by molar-refractivity contribution is 7.52. The molecule has 0 bridgehead atoms. The highest BCUT2D eigenvalue weighted by Crippen LogP contribution is 2.49. The molecular formula is C56H59F4N9O19P2. The van der Waals surface area contributed by atoms with Crippen LogP contribution in [0, 0.1) is 10.1 Å². The number of carbonyl (C=O) groups is 2. The van der Waals surface area contributed by atoms with Gasteiger partial charge in [0.15, 0.2) is 12.2 Å². The molecule has 0 unspecified atom stereocenters. The molecule has 0 spiro atoms. The molecule has 28 nitrogen and oxygen atoms in total. The van der Waals surface area contributed by atoms with E-state index in [-0.39, 0.29) is 47.8 Å². The number of para-hydroxylation sites is 2. The number of carbonyl (C=O) groups excluding carboxylic acids is 2. The molecule has 90 heavy (non-hydrogen) atoms. The number of alkyl halides is 4. The number of hydrogen-bond acceptors (Lipinski definition) is 23. The third-order valence-electron chi connectivity index (χ3n) is 12.6. The molecule has 0 saturated carbocycles. The second-order valence-corrected chi connectivity index (χ2v) is 22.7. The maximum absolute atomic E-state index is 14.9. The topological polar surface area (TPSA) is 392 Å². The van der Waals surface area contributed by atoms with Crippen LogP contribution in [-0.2, 0) is 55.4 Å². The molecule has 9 N–H and O–H groups in total. The number of nitrogen functional groups attached to an aromatic ring is 2. The zero-order valence-corrected chi connectivity index (χ0v) is 49.1. The number of aliphatic hydroxyl groups is 3. The first-order valence-corrected chi connectivity index (χ1v) is 29.8. The van der Waals surface area contributed by atoms with Crippen molar-refractivity contribution in [1.82, 2.24) is 29.3 Å². The molecule has 10 atom stereocenters. The lowest BCUT2D eigenvalue weighted by atomic mass is 10.1. The van der Waals surface area contributed by atoms with E-state index in [1.54, 1.807) is 78.9 Å². The average molecular weight is 1300 g/mol. The summed E-state index contributed by atoms with van der Waals surface area (Å²) in [7, 11) is -8.59. The maximum Gasteiger partial charge on any atom is 0.513 e. The summed E-state index contributed by atoms with van der Waals surface area (Å²) >= 11 is 0. The van der Waals surface area contributed by atoms with Gasteiger partial charge in [0.1, 0.15) is 66.4 Å². The Morgan fingerprint density at radius 1 is 0.622 bits per heavy atom. The average Bonchev–Trinajstić information content (AvgIpc) is 1.65. The first kappa shape index (κ1) is 68.5. The van der Waals surface area contributed by atoms with Crippen LogP contribution in [-0.4, -0.2) is 113 Å². The first-order valence-electron chi connectivity index (χ1n) is 26.7.